The van der Waals surface area contributed by atoms with Crippen LogP contribution in [0.25, 0.3) is 0 Å². The molecule has 0 spiro atoms. The van der Waals surface area contributed by atoms with Crippen LogP contribution >= 0.6 is 0 Å². The number of hydrogen-bond donors (Lipinski definition) is 1. The fraction of sp³-hybridized carbons (Fsp3) is 0.882. The fourth-order valence-electron chi connectivity index (χ4n) is 2.73. The average Bonchev–Trinajstić information content (AvgIpc) is 2.61. The highest BCUT2D eigenvalue weighted by Crippen LogP contribution is 2.15. The molecule has 0 saturated carbocycles. The lowest BCUT2D eigenvalue weighted by Crippen LogP contribution is -2.56. The molecule has 0 aromatic rings. The summed E-state index contributed by atoms with van der Waals surface area (Å²) in [5, 5.41) is 2.96. The Morgan fingerprint density at radius 3 is 2.52 bits per heavy atom. The molecule has 1 heterocycles. The summed E-state index contributed by atoms with van der Waals surface area (Å²) >= 11 is 0. The second-order valence-corrected chi connectivity index (χ2v) is 6.80. The Bertz CT molecular complexity index is 425. The van der Waals surface area contributed by atoms with E-state index in [4.69, 9.17) is 14.2 Å². The number of likely N-dealkylation sites (N-methyl/N-ethyl adjacent to an activating group) is 1. The summed E-state index contributed by atoms with van der Waals surface area (Å²) in [6, 6.07) is -0.594. The van der Waals surface area contributed by atoms with Gasteiger partial charge in [0.1, 0.15) is 6.04 Å². The van der Waals surface area contributed by atoms with E-state index in [0.29, 0.717) is 13.2 Å². The molecule has 1 aliphatic rings. The van der Waals surface area contributed by atoms with Crippen molar-refractivity contribution in [2.24, 2.45) is 0 Å². The Morgan fingerprint density at radius 1 is 1.32 bits per heavy atom. The molecule has 0 radical (unpaired) electrons. The zero-order valence-electron chi connectivity index (χ0n) is 16.2. The molecule has 1 aliphatic heterocycles. The summed E-state index contributed by atoms with van der Waals surface area (Å²) in [5.41, 5.74) is -0.148. The second kappa shape index (κ2) is 10.7. The van der Waals surface area contributed by atoms with Gasteiger partial charge in [0.15, 0.2) is 0 Å². The zero-order valence-corrected chi connectivity index (χ0v) is 16.2. The molecule has 0 bridgehead atoms. The van der Waals surface area contributed by atoms with Crippen LogP contribution in [0.1, 0.15) is 20.8 Å². The minimum absolute atomic E-state index is 0.103. The summed E-state index contributed by atoms with van der Waals surface area (Å²) in [6.07, 6.45) is 0. The van der Waals surface area contributed by atoms with E-state index in [0.717, 1.165) is 26.3 Å². The van der Waals surface area contributed by atoms with Crippen LogP contribution in [-0.2, 0) is 23.8 Å². The van der Waals surface area contributed by atoms with Crippen LogP contribution < -0.4 is 5.32 Å². The molecule has 1 rings (SSSR count). The first-order valence-electron chi connectivity index (χ1n) is 8.77. The molecule has 146 valence electrons. The summed E-state index contributed by atoms with van der Waals surface area (Å²) < 4.78 is 15.5. The van der Waals surface area contributed by atoms with Crippen LogP contribution in [0.5, 0.6) is 0 Å². The quantitative estimate of drug-likeness (QED) is 0.538. The van der Waals surface area contributed by atoms with Gasteiger partial charge in [-0.3, -0.25) is 19.4 Å². The minimum atomic E-state index is -0.594. The van der Waals surface area contributed by atoms with E-state index in [1.165, 1.54) is 7.11 Å². The lowest BCUT2D eigenvalue weighted by Gasteiger charge is -2.41. The number of nitrogens with zero attached hydrogens (tertiary/aromatic N) is 2. The zero-order chi connectivity index (χ0) is 18.9. The number of hydrogen-bond acceptors (Lipinski definition) is 7. The highest BCUT2D eigenvalue weighted by Gasteiger charge is 2.30. The Hall–Kier alpha value is -1.22. The van der Waals surface area contributed by atoms with Gasteiger partial charge in [0, 0.05) is 31.8 Å². The van der Waals surface area contributed by atoms with Crippen molar-refractivity contribution in [1.29, 1.82) is 0 Å². The molecule has 0 aliphatic carbocycles. The normalized spacial score (nSPS) is 17.4. The molecular formula is C17H33N3O5. The lowest BCUT2D eigenvalue weighted by molar-refractivity contribution is -0.149. The average molecular weight is 359 g/mol. The number of amides is 1. The van der Waals surface area contributed by atoms with Crippen LogP contribution in [0.2, 0.25) is 0 Å². The number of carbonyl (C=O) groups excluding carboxylic acids is 2. The summed E-state index contributed by atoms with van der Waals surface area (Å²) in [5.74, 6) is -0.536. The fourth-order valence-corrected chi connectivity index (χ4v) is 2.73. The lowest BCUT2D eigenvalue weighted by atomic mass is 10.0. The van der Waals surface area contributed by atoms with Gasteiger partial charge in [-0.2, -0.15) is 0 Å². The van der Waals surface area contributed by atoms with Crippen LogP contribution in [0, 0.1) is 0 Å². The van der Waals surface area contributed by atoms with Crippen molar-refractivity contribution in [3.8, 4) is 0 Å². The van der Waals surface area contributed by atoms with E-state index in [1.54, 1.807) is 11.9 Å². The van der Waals surface area contributed by atoms with Crippen molar-refractivity contribution in [2.45, 2.75) is 32.4 Å². The first-order valence-corrected chi connectivity index (χ1v) is 8.77. The molecule has 25 heavy (non-hydrogen) atoms. The van der Waals surface area contributed by atoms with Gasteiger partial charge in [0.2, 0.25) is 5.91 Å². The van der Waals surface area contributed by atoms with Gasteiger partial charge in [-0.1, -0.05) is 0 Å². The van der Waals surface area contributed by atoms with Gasteiger partial charge >= 0.3 is 5.97 Å². The summed E-state index contributed by atoms with van der Waals surface area (Å²) in [7, 11) is 3.05. The first kappa shape index (κ1) is 21.8. The third-order valence-corrected chi connectivity index (χ3v) is 4.46. The topological polar surface area (TPSA) is 80.3 Å². The second-order valence-electron chi connectivity index (χ2n) is 6.80. The van der Waals surface area contributed by atoms with E-state index in [2.05, 4.69) is 24.1 Å². The molecule has 1 fully saturated rings. The SMILES string of the molecule is CCOCC(C(=O)OC)N(C)CC(=O)NCC(C)(C)N1CCOCC1. The largest absolute Gasteiger partial charge is 0.468 e. The van der Waals surface area contributed by atoms with Crippen molar-refractivity contribution in [2.75, 3.05) is 66.8 Å². The van der Waals surface area contributed by atoms with Crippen LogP contribution in [0.3, 0.4) is 0 Å². The number of esters is 1. The number of carbonyl (C=O) groups is 2. The van der Waals surface area contributed by atoms with Crippen LogP contribution in [0.4, 0.5) is 0 Å². The van der Waals surface area contributed by atoms with Gasteiger partial charge in [-0.15, -0.1) is 0 Å². The summed E-state index contributed by atoms with van der Waals surface area (Å²) in [6.45, 7) is 10.6. The Balaban J connectivity index is 2.48. The summed E-state index contributed by atoms with van der Waals surface area (Å²) in [4.78, 5) is 28.1. The molecular weight excluding hydrogens is 326 g/mol. The first-order chi connectivity index (χ1) is 11.8. The van der Waals surface area contributed by atoms with Gasteiger partial charge in [-0.05, 0) is 27.8 Å². The number of rotatable bonds is 10. The van der Waals surface area contributed by atoms with Crippen molar-refractivity contribution >= 4 is 11.9 Å². The van der Waals surface area contributed by atoms with Crippen molar-refractivity contribution in [3.05, 3.63) is 0 Å². The Kier molecular flexibility index (Phi) is 9.34. The van der Waals surface area contributed by atoms with Gasteiger partial charge in [-0.25, -0.2) is 0 Å². The maximum Gasteiger partial charge on any atom is 0.325 e. The molecule has 1 atom stereocenters. The van der Waals surface area contributed by atoms with E-state index in [1.807, 2.05) is 6.92 Å². The number of methoxy groups -OCH3 is 1. The monoisotopic (exact) mass is 359 g/mol. The third-order valence-electron chi connectivity index (χ3n) is 4.46. The number of nitrogens with one attached hydrogen (secondary N) is 1. The van der Waals surface area contributed by atoms with Crippen molar-refractivity contribution in [3.63, 3.8) is 0 Å². The van der Waals surface area contributed by atoms with E-state index in [-0.39, 0.29) is 24.6 Å². The Morgan fingerprint density at radius 2 is 1.96 bits per heavy atom. The van der Waals surface area contributed by atoms with Crippen LogP contribution in [-0.4, -0.2) is 100 Å². The molecule has 1 N–H and O–H groups in total. The highest BCUT2D eigenvalue weighted by atomic mass is 16.5. The highest BCUT2D eigenvalue weighted by molar-refractivity contribution is 5.80. The smallest absolute Gasteiger partial charge is 0.325 e. The minimum Gasteiger partial charge on any atom is -0.468 e. The number of ether oxygens (including phenoxy) is 3. The molecule has 0 aromatic carbocycles. The molecule has 0 aromatic heterocycles. The maximum absolute atomic E-state index is 12.3. The van der Waals surface area contributed by atoms with Gasteiger partial charge in [0.05, 0.1) is 33.5 Å². The molecule has 1 unspecified atom stereocenters. The molecule has 8 nitrogen and oxygen atoms in total. The standard InChI is InChI=1S/C17H33N3O5/c1-6-24-12-14(16(22)23-5)19(4)11-15(21)18-13-17(2,3)20-7-9-25-10-8-20/h14H,6-13H2,1-5H3,(H,18,21). The molecule has 1 saturated heterocycles. The number of morpholine rings is 1. The van der Waals surface area contributed by atoms with E-state index < -0.39 is 12.0 Å². The van der Waals surface area contributed by atoms with Gasteiger partial charge < -0.3 is 19.5 Å². The van der Waals surface area contributed by atoms with Crippen LogP contribution in [0.15, 0.2) is 0 Å². The van der Waals surface area contributed by atoms with E-state index in [9.17, 15) is 9.59 Å². The van der Waals surface area contributed by atoms with Crippen molar-refractivity contribution < 1.29 is 23.8 Å². The van der Waals surface area contributed by atoms with Crippen molar-refractivity contribution in [1.82, 2.24) is 15.1 Å². The predicted molar refractivity (Wildman–Crippen MR) is 94.4 cm³/mol. The van der Waals surface area contributed by atoms with E-state index >= 15 is 0 Å². The maximum atomic E-state index is 12.3. The predicted octanol–water partition coefficient (Wildman–Crippen LogP) is -0.277. The molecule has 8 heteroatoms. The Labute approximate surface area is 150 Å². The molecule has 1 amide bonds. The third kappa shape index (κ3) is 7.27. The van der Waals surface area contributed by atoms with Gasteiger partial charge in [0.25, 0.3) is 0 Å².